The number of hydrogen-bond donors (Lipinski definition) is 1. The molecule has 1 aromatic carbocycles. The van der Waals surface area contributed by atoms with Gasteiger partial charge in [0.1, 0.15) is 5.75 Å². The Morgan fingerprint density at radius 2 is 2.06 bits per heavy atom. The summed E-state index contributed by atoms with van der Waals surface area (Å²) in [6, 6.07) is 3.63. The highest BCUT2D eigenvalue weighted by atomic mass is 35.5. The summed E-state index contributed by atoms with van der Waals surface area (Å²) in [5, 5.41) is 3.37. The maximum absolute atomic E-state index is 11.3. The Balaban J connectivity index is 2.58. The summed E-state index contributed by atoms with van der Waals surface area (Å²) >= 11 is 6.03. The van der Waals surface area contributed by atoms with Crippen LogP contribution in [-0.4, -0.2) is 19.1 Å². The van der Waals surface area contributed by atoms with Crippen molar-refractivity contribution in [2.75, 3.05) is 13.2 Å². The van der Waals surface area contributed by atoms with E-state index in [2.05, 4.69) is 11.9 Å². The highest BCUT2D eigenvalue weighted by molar-refractivity contribution is 6.32. The van der Waals surface area contributed by atoms with Crippen LogP contribution in [0.1, 0.15) is 11.1 Å². The molecule has 0 aromatic heterocycles. The van der Waals surface area contributed by atoms with Crippen LogP contribution in [0.4, 0.5) is 0 Å². The van der Waals surface area contributed by atoms with Crippen LogP contribution >= 0.6 is 11.6 Å². The van der Waals surface area contributed by atoms with Crippen LogP contribution in [0.15, 0.2) is 24.8 Å². The zero-order valence-electron chi connectivity index (χ0n) is 10.0. The molecule has 0 aliphatic rings. The van der Waals surface area contributed by atoms with E-state index in [9.17, 15) is 4.79 Å². The molecule has 1 N–H and O–H groups in total. The number of carbonyl (C=O) groups excluding carboxylic acids is 1. The standard InChI is InChI=1S/C13H16ClNO2/c1-4-5-15-12(16)8-17-11-6-9(2)13(14)10(3)7-11/h4,6-7H,1,5,8H2,2-3H3,(H,15,16). The van der Waals surface area contributed by atoms with Crippen molar-refractivity contribution in [1.29, 1.82) is 0 Å². The van der Waals surface area contributed by atoms with E-state index in [4.69, 9.17) is 16.3 Å². The summed E-state index contributed by atoms with van der Waals surface area (Å²) in [6.45, 7) is 7.76. The fraction of sp³-hybridized carbons (Fsp3) is 0.308. The smallest absolute Gasteiger partial charge is 0.258 e. The van der Waals surface area contributed by atoms with Gasteiger partial charge in [0, 0.05) is 11.6 Å². The number of hydrogen-bond acceptors (Lipinski definition) is 2. The van der Waals surface area contributed by atoms with E-state index < -0.39 is 0 Å². The number of rotatable bonds is 5. The Morgan fingerprint density at radius 1 is 1.47 bits per heavy atom. The summed E-state index contributed by atoms with van der Waals surface area (Å²) in [6.07, 6.45) is 1.62. The molecule has 0 atom stereocenters. The summed E-state index contributed by atoms with van der Waals surface area (Å²) in [7, 11) is 0. The number of ether oxygens (including phenoxy) is 1. The number of nitrogens with one attached hydrogen (secondary N) is 1. The quantitative estimate of drug-likeness (QED) is 0.820. The lowest BCUT2D eigenvalue weighted by atomic mass is 10.1. The maximum atomic E-state index is 11.3. The van der Waals surface area contributed by atoms with Crippen molar-refractivity contribution in [3.05, 3.63) is 40.9 Å². The summed E-state index contributed by atoms with van der Waals surface area (Å²) in [5.74, 6) is 0.480. The molecule has 17 heavy (non-hydrogen) atoms. The number of carbonyl (C=O) groups is 1. The topological polar surface area (TPSA) is 38.3 Å². The molecule has 0 heterocycles. The zero-order chi connectivity index (χ0) is 12.8. The minimum atomic E-state index is -0.171. The highest BCUT2D eigenvalue weighted by Gasteiger charge is 2.05. The van der Waals surface area contributed by atoms with Gasteiger partial charge in [0.05, 0.1) is 0 Å². The molecule has 4 heteroatoms. The number of benzene rings is 1. The molecule has 0 saturated heterocycles. The van der Waals surface area contributed by atoms with Gasteiger partial charge in [-0.05, 0) is 37.1 Å². The maximum Gasteiger partial charge on any atom is 0.258 e. The molecule has 0 spiro atoms. The van der Waals surface area contributed by atoms with E-state index in [1.807, 2.05) is 26.0 Å². The van der Waals surface area contributed by atoms with Gasteiger partial charge in [-0.2, -0.15) is 0 Å². The first kappa shape index (κ1) is 13.6. The lowest BCUT2D eigenvalue weighted by molar-refractivity contribution is -0.122. The molecular weight excluding hydrogens is 238 g/mol. The largest absolute Gasteiger partial charge is 0.484 e. The van der Waals surface area contributed by atoms with Crippen molar-refractivity contribution in [2.24, 2.45) is 0 Å². The third-order valence-corrected chi connectivity index (χ3v) is 2.82. The Hall–Kier alpha value is -1.48. The minimum absolute atomic E-state index is 0.00560. The van der Waals surface area contributed by atoms with Crippen LogP contribution in [0.5, 0.6) is 5.75 Å². The van der Waals surface area contributed by atoms with Crippen LogP contribution in [0.2, 0.25) is 5.02 Å². The predicted octanol–water partition coefficient (Wildman–Crippen LogP) is 2.64. The first-order valence-electron chi connectivity index (χ1n) is 5.31. The van der Waals surface area contributed by atoms with Crippen LogP contribution in [-0.2, 0) is 4.79 Å². The molecule has 92 valence electrons. The second kappa shape index (κ2) is 6.30. The molecule has 1 aromatic rings. The van der Waals surface area contributed by atoms with Crippen LogP contribution < -0.4 is 10.1 Å². The Kier molecular flexibility index (Phi) is 5.04. The molecule has 1 rings (SSSR count). The van der Waals surface area contributed by atoms with Gasteiger partial charge >= 0.3 is 0 Å². The van der Waals surface area contributed by atoms with E-state index in [1.54, 1.807) is 6.08 Å². The summed E-state index contributed by atoms with van der Waals surface area (Å²) in [4.78, 5) is 11.3. The molecule has 0 aliphatic heterocycles. The van der Waals surface area contributed by atoms with Gasteiger partial charge in [-0.3, -0.25) is 4.79 Å². The van der Waals surface area contributed by atoms with E-state index in [1.165, 1.54) is 0 Å². The van der Waals surface area contributed by atoms with Gasteiger partial charge < -0.3 is 10.1 Å². The Morgan fingerprint density at radius 3 is 2.59 bits per heavy atom. The third-order valence-electron chi connectivity index (χ3n) is 2.22. The molecule has 0 unspecified atom stereocenters. The van der Waals surface area contributed by atoms with Gasteiger partial charge in [-0.15, -0.1) is 6.58 Å². The van der Waals surface area contributed by atoms with Crippen LogP contribution in [0, 0.1) is 13.8 Å². The van der Waals surface area contributed by atoms with Gasteiger partial charge in [0.25, 0.3) is 5.91 Å². The SMILES string of the molecule is C=CCNC(=O)COc1cc(C)c(Cl)c(C)c1. The molecule has 0 fully saturated rings. The van der Waals surface area contributed by atoms with E-state index in [0.717, 1.165) is 16.1 Å². The molecular formula is C13H16ClNO2. The Labute approximate surface area is 106 Å². The van der Waals surface area contributed by atoms with Crippen molar-refractivity contribution in [3.8, 4) is 5.75 Å². The van der Waals surface area contributed by atoms with Crippen molar-refractivity contribution in [3.63, 3.8) is 0 Å². The summed E-state index contributed by atoms with van der Waals surface area (Å²) < 4.78 is 5.38. The van der Waals surface area contributed by atoms with Crippen molar-refractivity contribution in [1.82, 2.24) is 5.32 Å². The van der Waals surface area contributed by atoms with E-state index >= 15 is 0 Å². The predicted molar refractivity (Wildman–Crippen MR) is 69.6 cm³/mol. The van der Waals surface area contributed by atoms with Gasteiger partial charge in [-0.1, -0.05) is 17.7 Å². The second-order valence-corrected chi connectivity index (χ2v) is 4.13. The van der Waals surface area contributed by atoms with Crippen LogP contribution in [0.3, 0.4) is 0 Å². The first-order valence-corrected chi connectivity index (χ1v) is 5.69. The minimum Gasteiger partial charge on any atom is -0.484 e. The molecule has 0 bridgehead atoms. The fourth-order valence-corrected chi connectivity index (χ4v) is 1.48. The van der Waals surface area contributed by atoms with Crippen molar-refractivity contribution >= 4 is 17.5 Å². The van der Waals surface area contributed by atoms with E-state index in [-0.39, 0.29) is 12.5 Å². The van der Waals surface area contributed by atoms with Gasteiger partial charge in [0.2, 0.25) is 0 Å². The average Bonchev–Trinajstić information content (AvgIpc) is 2.30. The van der Waals surface area contributed by atoms with Crippen molar-refractivity contribution in [2.45, 2.75) is 13.8 Å². The highest BCUT2D eigenvalue weighted by Crippen LogP contribution is 2.25. The zero-order valence-corrected chi connectivity index (χ0v) is 10.8. The number of amides is 1. The van der Waals surface area contributed by atoms with Gasteiger partial charge in [-0.25, -0.2) is 0 Å². The second-order valence-electron chi connectivity index (χ2n) is 3.75. The lowest BCUT2D eigenvalue weighted by Crippen LogP contribution is -2.28. The van der Waals surface area contributed by atoms with E-state index in [0.29, 0.717) is 12.3 Å². The number of aryl methyl sites for hydroxylation is 2. The molecule has 0 saturated carbocycles. The fourth-order valence-electron chi connectivity index (χ4n) is 1.38. The number of halogens is 1. The average molecular weight is 254 g/mol. The monoisotopic (exact) mass is 253 g/mol. The lowest BCUT2D eigenvalue weighted by Gasteiger charge is -2.09. The molecule has 3 nitrogen and oxygen atoms in total. The summed E-state index contributed by atoms with van der Waals surface area (Å²) in [5.41, 5.74) is 1.88. The molecule has 1 amide bonds. The molecule has 0 radical (unpaired) electrons. The molecule has 0 aliphatic carbocycles. The third kappa shape index (κ3) is 4.11. The normalized spacial score (nSPS) is 9.82. The van der Waals surface area contributed by atoms with Gasteiger partial charge in [0.15, 0.2) is 6.61 Å². The van der Waals surface area contributed by atoms with Crippen molar-refractivity contribution < 1.29 is 9.53 Å². The van der Waals surface area contributed by atoms with Crippen LogP contribution in [0.25, 0.3) is 0 Å². The first-order chi connectivity index (χ1) is 8.04. The Bertz CT molecular complexity index is 406.